The number of anilines is 1. The molecule has 0 saturated heterocycles. The van der Waals surface area contributed by atoms with Crippen molar-refractivity contribution in [3.8, 4) is 0 Å². The highest BCUT2D eigenvalue weighted by Gasteiger charge is 2.23. The van der Waals surface area contributed by atoms with Crippen molar-refractivity contribution in [3.63, 3.8) is 0 Å². The molecule has 0 unspecified atom stereocenters. The van der Waals surface area contributed by atoms with Crippen molar-refractivity contribution >= 4 is 33.1 Å². The van der Waals surface area contributed by atoms with Gasteiger partial charge in [0, 0.05) is 10.6 Å². The van der Waals surface area contributed by atoms with Crippen LogP contribution in [0.3, 0.4) is 0 Å². The van der Waals surface area contributed by atoms with Gasteiger partial charge in [-0.2, -0.15) is 0 Å². The summed E-state index contributed by atoms with van der Waals surface area (Å²) in [5.41, 5.74) is 2.86. The number of benzene rings is 1. The second-order valence-electron chi connectivity index (χ2n) is 7.97. The first-order valence-electron chi connectivity index (χ1n) is 9.97. The summed E-state index contributed by atoms with van der Waals surface area (Å²) >= 11 is 1.64. The van der Waals surface area contributed by atoms with E-state index in [-0.39, 0.29) is 18.0 Å². The van der Waals surface area contributed by atoms with Crippen LogP contribution >= 0.6 is 11.3 Å². The van der Waals surface area contributed by atoms with Crippen molar-refractivity contribution in [1.29, 1.82) is 0 Å². The van der Waals surface area contributed by atoms with Gasteiger partial charge in [-0.25, -0.2) is 4.98 Å². The van der Waals surface area contributed by atoms with Crippen LogP contribution in [0.25, 0.3) is 10.2 Å². The van der Waals surface area contributed by atoms with Crippen molar-refractivity contribution < 1.29 is 4.79 Å². The zero-order valence-electron chi connectivity index (χ0n) is 17.1. The number of aryl methyl sites for hydroxylation is 3. The number of aromatic nitrogens is 2. The molecule has 152 valence electrons. The van der Waals surface area contributed by atoms with E-state index in [0.717, 1.165) is 52.7 Å². The van der Waals surface area contributed by atoms with Gasteiger partial charge in [0.05, 0.1) is 11.9 Å². The average Bonchev–Trinajstić information content (AvgIpc) is 3.02. The van der Waals surface area contributed by atoms with E-state index in [1.54, 1.807) is 15.9 Å². The fourth-order valence-corrected chi connectivity index (χ4v) is 5.18. The van der Waals surface area contributed by atoms with Crippen LogP contribution in [-0.2, 0) is 30.7 Å². The lowest BCUT2D eigenvalue weighted by Gasteiger charge is -2.16. The number of fused-ring (bicyclic) bond motifs is 3. The highest BCUT2D eigenvalue weighted by atomic mass is 32.1. The number of thiophene rings is 1. The zero-order valence-corrected chi connectivity index (χ0v) is 17.9. The first kappa shape index (κ1) is 19.8. The lowest BCUT2D eigenvalue weighted by atomic mass is 9.97. The summed E-state index contributed by atoms with van der Waals surface area (Å²) in [6.07, 6.45) is 4.21. The molecule has 0 bridgehead atoms. The number of amides is 1. The quantitative estimate of drug-likeness (QED) is 0.701. The van der Waals surface area contributed by atoms with E-state index in [9.17, 15) is 9.59 Å². The van der Waals surface area contributed by atoms with Crippen LogP contribution in [0.4, 0.5) is 5.69 Å². The topological polar surface area (TPSA) is 67.2 Å². The molecule has 1 amide bonds. The molecule has 2 aromatic heterocycles. The number of carbonyl (C=O) groups excluding carboxylic acids is 1. The van der Waals surface area contributed by atoms with Crippen LogP contribution in [0.2, 0.25) is 0 Å². The monoisotopic (exact) mass is 410 g/mol. The van der Waals surface area contributed by atoms with Crippen LogP contribution in [0.5, 0.6) is 0 Å². The summed E-state index contributed by atoms with van der Waals surface area (Å²) in [4.78, 5) is 35.1. The van der Waals surface area contributed by atoms with E-state index in [0.29, 0.717) is 12.4 Å². The Bertz CT molecular complexity index is 1130. The molecule has 1 N–H and O–H groups in total. The van der Waals surface area contributed by atoms with Gasteiger partial charge < -0.3 is 10.2 Å². The lowest BCUT2D eigenvalue weighted by molar-refractivity contribution is -0.116. The van der Waals surface area contributed by atoms with Gasteiger partial charge in [0.15, 0.2) is 0 Å². The molecule has 0 saturated carbocycles. The van der Waals surface area contributed by atoms with Gasteiger partial charge in [-0.1, -0.05) is 12.1 Å². The molecule has 2 heterocycles. The van der Waals surface area contributed by atoms with E-state index in [1.165, 1.54) is 4.88 Å². The number of hydrogen-bond acceptors (Lipinski definition) is 5. The Balaban J connectivity index is 1.73. The Hall–Kier alpha value is -2.51. The molecule has 7 heteroatoms. The van der Waals surface area contributed by atoms with Crippen LogP contribution < -0.4 is 10.9 Å². The summed E-state index contributed by atoms with van der Waals surface area (Å²) in [5.74, 6) is 0.411. The molecule has 1 aliphatic rings. The van der Waals surface area contributed by atoms with Crippen LogP contribution in [-0.4, -0.2) is 34.5 Å². The minimum atomic E-state index is -0.219. The number of nitrogens with one attached hydrogen (secondary N) is 1. The van der Waals surface area contributed by atoms with E-state index in [4.69, 9.17) is 4.98 Å². The molecule has 3 aromatic rings. The number of rotatable bonds is 5. The third-order valence-electron chi connectivity index (χ3n) is 5.22. The molecule has 0 fully saturated rings. The lowest BCUT2D eigenvalue weighted by Crippen LogP contribution is -2.33. The maximum atomic E-state index is 13.4. The van der Waals surface area contributed by atoms with Crippen LogP contribution in [0.1, 0.15) is 34.7 Å². The van der Waals surface area contributed by atoms with Gasteiger partial charge in [-0.3, -0.25) is 14.2 Å². The maximum absolute atomic E-state index is 13.4. The zero-order chi connectivity index (χ0) is 20.5. The van der Waals surface area contributed by atoms with E-state index in [2.05, 4.69) is 5.32 Å². The van der Waals surface area contributed by atoms with E-state index in [1.807, 2.05) is 50.2 Å². The minimum Gasteiger partial charge on any atom is -0.325 e. The Labute approximate surface area is 174 Å². The summed E-state index contributed by atoms with van der Waals surface area (Å²) in [7, 11) is 3.87. The summed E-state index contributed by atoms with van der Waals surface area (Å²) in [5, 5.41) is 3.62. The fourth-order valence-electron chi connectivity index (χ4n) is 3.91. The standard InChI is InChI=1S/C22H26N4O2S/c1-14-7-6-8-15(11-14)23-19(27)13-26-18(12-25(2)3)24-21-20(22(26)28)16-9-4-5-10-17(16)29-21/h6-8,11H,4-5,9-10,12-13H2,1-3H3,(H,23,27). The highest BCUT2D eigenvalue weighted by molar-refractivity contribution is 7.18. The number of nitrogens with zero attached hydrogens (tertiary/aromatic N) is 3. The molecule has 0 atom stereocenters. The van der Waals surface area contributed by atoms with Crippen molar-refractivity contribution in [2.75, 3.05) is 19.4 Å². The first-order valence-corrected chi connectivity index (χ1v) is 10.8. The predicted molar refractivity (Wildman–Crippen MR) is 118 cm³/mol. The SMILES string of the molecule is Cc1cccc(NC(=O)Cn2c(CN(C)C)nc3sc4c(c3c2=O)CCCC4)c1. The highest BCUT2D eigenvalue weighted by Crippen LogP contribution is 2.33. The fraction of sp³-hybridized carbons (Fsp3) is 0.409. The molecule has 4 rings (SSSR count). The second kappa shape index (κ2) is 8.08. The van der Waals surface area contributed by atoms with Crippen molar-refractivity contribution in [3.05, 3.63) is 56.4 Å². The van der Waals surface area contributed by atoms with Crippen molar-refractivity contribution in [1.82, 2.24) is 14.5 Å². The minimum absolute atomic E-state index is 0.0382. The van der Waals surface area contributed by atoms with Crippen LogP contribution in [0.15, 0.2) is 29.1 Å². The third kappa shape index (κ3) is 4.11. The summed E-state index contributed by atoms with van der Waals surface area (Å²) in [6.45, 7) is 2.45. The second-order valence-corrected chi connectivity index (χ2v) is 9.05. The normalized spacial score (nSPS) is 13.7. The molecule has 29 heavy (non-hydrogen) atoms. The van der Waals surface area contributed by atoms with Gasteiger partial charge in [0.25, 0.3) is 5.56 Å². The van der Waals surface area contributed by atoms with Gasteiger partial charge in [0.2, 0.25) is 5.91 Å². The van der Waals surface area contributed by atoms with Crippen molar-refractivity contribution in [2.24, 2.45) is 0 Å². The Morgan fingerprint density at radius 2 is 2.07 bits per heavy atom. The molecule has 1 aromatic carbocycles. The van der Waals surface area contributed by atoms with Gasteiger partial charge >= 0.3 is 0 Å². The third-order valence-corrected chi connectivity index (χ3v) is 6.40. The molecule has 6 nitrogen and oxygen atoms in total. The first-order chi connectivity index (χ1) is 13.9. The molecular formula is C22H26N4O2S. The van der Waals surface area contributed by atoms with Crippen LogP contribution in [0, 0.1) is 6.92 Å². The predicted octanol–water partition coefficient (Wildman–Crippen LogP) is 3.35. The maximum Gasteiger partial charge on any atom is 0.263 e. The Morgan fingerprint density at radius 1 is 1.28 bits per heavy atom. The van der Waals surface area contributed by atoms with Crippen molar-refractivity contribution in [2.45, 2.75) is 45.7 Å². The van der Waals surface area contributed by atoms with Gasteiger partial charge in [-0.05, 0) is 70.0 Å². The van der Waals surface area contributed by atoms with Gasteiger partial charge in [0.1, 0.15) is 17.2 Å². The molecule has 0 spiro atoms. The number of hydrogen-bond donors (Lipinski definition) is 1. The Morgan fingerprint density at radius 3 is 2.83 bits per heavy atom. The largest absolute Gasteiger partial charge is 0.325 e. The number of carbonyl (C=O) groups is 1. The summed E-state index contributed by atoms with van der Waals surface area (Å²) in [6, 6.07) is 7.65. The summed E-state index contributed by atoms with van der Waals surface area (Å²) < 4.78 is 1.55. The van der Waals surface area contributed by atoms with E-state index < -0.39 is 0 Å². The molecule has 0 aliphatic heterocycles. The molecular weight excluding hydrogens is 384 g/mol. The van der Waals surface area contributed by atoms with E-state index >= 15 is 0 Å². The Kier molecular flexibility index (Phi) is 5.52. The molecule has 0 radical (unpaired) electrons. The smallest absolute Gasteiger partial charge is 0.263 e. The average molecular weight is 411 g/mol. The molecule has 1 aliphatic carbocycles. The van der Waals surface area contributed by atoms with Gasteiger partial charge in [-0.15, -0.1) is 11.3 Å².